The van der Waals surface area contributed by atoms with Crippen LogP contribution in [0.5, 0.6) is 0 Å². The number of carbonyl (C=O) groups is 1. The Labute approximate surface area is 127 Å². The van der Waals surface area contributed by atoms with Crippen LogP contribution in [-0.2, 0) is 15.1 Å². The highest BCUT2D eigenvalue weighted by molar-refractivity contribution is 5.75. The molecule has 3 heteroatoms. The van der Waals surface area contributed by atoms with E-state index in [1.165, 1.54) is 0 Å². The van der Waals surface area contributed by atoms with Gasteiger partial charge in [0.2, 0.25) is 0 Å². The van der Waals surface area contributed by atoms with E-state index in [1.807, 2.05) is 39.8 Å². The van der Waals surface area contributed by atoms with Gasteiger partial charge in [0.15, 0.2) is 0 Å². The van der Waals surface area contributed by atoms with Crippen LogP contribution in [-0.4, -0.2) is 17.7 Å². The molecule has 0 spiro atoms. The fraction of sp³-hybridized carbons (Fsp3) is 0.500. The van der Waals surface area contributed by atoms with Gasteiger partial charge in [0.25, 0.3) is 0 Å². The van der Waals surface area contributed by atoms with Gasteiger partial charge in [-0.25, -0.2) is 0 Å². The minimum atomic E-state index is -1.36. The van der Waals surface area contributed by atoms with Gasteiger partial charge in [-0.3, -0.25) is 4.79 Å². The maximum absolute atomic E-state index is 12.1. The van der Waals surface area contributed by atoms with Gasteiger partial charge in [0.1, 0.15) is 5.60 Å². The first kappa shape index (κ1) is 17.4. The van der Waals surface area contributed by atoms with Crippen molar-refractivity contribution in [2.45, 2.75) is 47.1 Å². The zero-order chi connectivity index (χ0) is 16.2. The van der Waals surface area contributed by atoms with E-state index in [9.17, 15) is 9.90 Å². The van der Waals surface area contributed by atoms with Crippen molar-refractivity contribution >= 4 is 5.97 Å². The number of aryl methyl sites for hydroxylation is 3. The van der Waals surface area contributed by atoms with Crippen LogP contribution in [0.1, 0.15) is 43.0 Å². The molecule has 0 heterocycles. The van der Waals surface area contributed by atoms with E-state index < -0.39 is 17.5 Å². The SMILES string of the molecule is C/C=C/C(O)(c1c(C)cc(C)cc1C)C(C)C(=O)OCC. The van der Waals surface area contributed by atoms with Crippen LogP contribution in [0, 0.1) is 26.7 Å². The molecule has 0 radical (unpaired) electrons. The van der Waals surface area contributed by atoms with Crippen molar-refractivity contribution in [3.8, 4) is 0 Å². The fourth-order valence-electron chi connectivity index (χ4n) is 2.96. The second kappa shape index (κ2) is 6.90. The molecule has 0 aliphatic carbocycles. The van der Waals surface area contributed by atoms with Crippen LogP contribution in [0.25, 0.3) is 0 Å². The third-order valence-electron chi connectivity index (χ3n) is 3.80. The van der Waals surface area contributed by atoms with Gasteiger partial charge >= 0.3 is 5.97 Å². The van der Waals surface area contributed by atoms with Gasteiger partial charge in [0.05, 0.1) is 12.5 Å². The largest absolute Gasteiger partial charge is 0.466 e. The average molecular weight is 290 g/mol. The number of hydrogen-bond donors (Lipinski definition) is 1. The van der Waals surface area contributed by atoms with E-state index in [0.29, 0.717) is 6.61 Å². The van der Waals surface area contributed by atoms with E-state index in [-0.39, 0.29) is 0 Å². The summed E-state index contributed by atoms with van der Waals surface area (Å²) in [5.74, 6) is -1.06. The summed E-state index contributed by atoms with van der Waals surface area (Å²) < 4.78 is 5.09. The van der Waals surface area contributed by atoms with Crippen molar-refractivity contribution in [3.05, 3.63) is 46.5 Å². The monoisotopic (exact) mass is 290 g/mol. The average Bonchev–Trinajstić information content (AvgIpc) is 2.37. The Hall–Kier alpha value is -1.61. The number of aliphatic hydroxyl groups is 1. The summed E-state index contributed by atoms with van der Waals surface area (Å²) >= 11 is 0. The van der Waals surface area contributed by atoms with Crippen LogP contribution in [0.3, 0.4) is 0 Å². The number of allylic oxidation sites excluding steroid dienone is 1. The lowest BCUT2D eigenvalue weighted by Gasteiger charge is -2.33. The zero-order valence-corrected chi connectivity index (χ0v) is 13.9. The summed E-state index contributed by atoms with van der Waals surface area (Å²) in [6, 6.07) is 4.04. The van der Waals surface area contributed by atoms with Gasteiger partial charge in [0, 0.05) is 0 Å². The smallest absolute Gasteiger partial charge is 0.312 e. The van der Waals surface area contributed by atoms with E-state index in [1.54, 1.807) is 26.0 Å². The summed E-state index contributed by atoms with van der Waals surface area (Å²) in [6.45, 7) is 11.6. The van der Waals surface area contributed by atoms with Crippen LogP contribution in [0.2, 0.25) is 0 Å². The third-order valence-corrected chi connectivity index (χ3v) is 3.80. The predicted molar refractivity (Wildman–Crippen MR) is 85.2 cm³/mol. The maximum atomic E-state index is 12.1. The summed E-state index contributed by atoms with van der Waals surface area (Å²) in [5, 5.41) is 11.2. The molecule has 116 valence electrons. The molecule has 0 aliphatic rings. The number of ether oxygens (including phenoxy) is 1. The first-order chi connectivity index (χ1) is 9.77. The van der Waals surface area contributed by atoms with Crippen molar-refractivity contribution in [2.24, 2.45) is 5.92 Å². The van der Waals surface area contributed by atoms with Crippen molar-refractivity contribution in [2.75, 3.05) is 6.61 Å². The summed E-state index contributed by atoms with van der Waals surface area (Å²) in [7, 11) is 0. The molecule has 21 heavy (non-hydrogen) atoms. The van der Waals surface area contributed by atoms with Crippen LogP contribution in [0.4, 0.5) is 0 Å². The molecular formula is C18H26O3. The molecule has 0 amide bonds. The number of benzene rings is 1. The Morgan fingerprint density at radius 1 is 1.33 bits per heavy atom. The van der Waals surface area contributed by atoms with Crippen LogP contribution >= 0.6 is 0 Å². The second-order valence-electron chi connectivity index (χ2n) is 5.57. The Morgan fingerprint density at radius 2 is 1.86 bits per heavy atom. The van der Waals surface area contributed by atoms with E-state index in [0.717, 1.165) is 22.3 Å². The molecule has 0 bridgehead atoms. The highest BCUT2D eigenvalue weighted by Crippen LogP contribution is 2.37. The van der Waals surface area contributed by atoms with Crippen LogP contribution in [0.15, 0.2) is 24.3 Å². The minimum Gasteiger partial charge on any atom is -0.466 e. The molecule has 1 N–H and O–H groups in total. The number of esters is 1. The lowest BCUT2D eigenvalue weighted by atomic mass is 9.77. The molecule has 0 saturated heterocycles. The first-order valence-corrected chi connectivity index (χ1v) is 7.39. The van der Waals surface area contributed by atoms with E-state index in [2.05, 4.69) is 0 Å². The zero-order valence-electron chi connectivity index (χ0n) is 13.9. The standard InChI is InChI=1S/C18H26O3/c1-7-9-18(20,15(6)17(19)21-8-2)16-13(4)10-12(3)11-14(16)5/h7,9-11,15,20H,8H2,1-6H3/b9-7+. The fourth-order valence-corrected chi connectivity index (χ4v) is 2.96. The van der Waals surface area contributed by atoms with Gasteiger partial charge in [-0.15, -0.1) is 0 Å². The lowest BCUT2D eigenvalue weighted by molar-refractivity contribution is -0.155. The molecule has 3 nitrogen and oxygen atoms in total. The van der Waals surface area contributed by atoms with E-state index >= 15 is 0 Å². The van der Waals surface area contributed by atoms with Crippen molar-refractivity contribution in [3.63, 3.8) is 0 Å². The molecule has 1 rings (SSSR count). The highest BCUT2D eigenvalue weighted by Gasteiger charge is 2.40. The molecule has 0 saturated carbocycles. The van der Waals surface area contributed by atoms with Gasteiger partial charge in [-0.05, 0) is 58.2 Å². The molecule has 0 fully saturated rings. The molecule has 2 atom stereocenters. The van der Waals surface area contributed by atoms with Gasteiger partial charge < -0.3 is 9.84 Å². The highest BCUT2D eigenvalue weighted by atomic mass is 16.5. The molecule has 1 aromatic carbocycles. The maximum Gasteiger partial charge on any atom is 0.312 e. The normalized spacial score (nSPS) is 15.8. The predicted octanol–water partition coefficient (Wildman–Crippen LogP) is 3.57. The Balaban J connectivity index is 3.45. The Kier molecular flexibility index (Phi) is 5.73. The molecule has 2 unspecified atom stereocenters. The Bertz CT molecular complexity index is 522. The van der Waals surface area contributed by atoms with Crippen LogP contribution < -0.4 is 0 Å². The topological polar surface area (TPSA) is 46.5 Å². The molecular weight excluding hydrogens is 264 g/mol. The summed E-state index contributed by atoms with van der Waals surface area (Å²) in [6.07, 6.45) is 3.45. The van der Waals surface area contributed by atoms with Gasteiger partial charge in [-0.1, -0.05) is 29.8 Å². The molecule has 1 aromatic rings. The van der Waals surface area contributed by atoms with Crippen molar-refractivity contribution in [1.82, 2.24) is 0 Å². The number of hydrogen-bond acceptors (Lipinski definition) is 3. The van der Waals surface area contributed by atoms with E-state index in [4.69, 9.17) is 4.74 Å². The minimum absolute atomic E-state index is 0.307. The number of rotatable bonds is 5. The number of carbonyl (C=O) groups excluding carboxylic acids is 1. The molecule has 0 aliphatic heterocycles. The second-order valence-corrected chi connectivity index (χ2v) is 5.57. The first-order valence-electron chi connectivity index (χ1n) is 7.39. The quantitative estimate of drug-likeness (QED) is 0.666. The van der Waals surface area contributed by atoms with Crippen molar-refractivity contribution < 1.29 is 14.6 Å². The Morgan fingerprint density at radius 3 is 2.29 bits per heavy atom. The van der Waals surface area contributed by atoms with Gasteiger partial charge in [-0.2, -0.15) is 0 Å². The van der Waals surface area contributed by atoms with Crippen molar-refractivity contribution in [1.29, 1.82) is 0 Å². The lowest BCUT2D eigenvalue weighted by Crippen LogP contribution is -2.38. The third kappa shape index (κ3) is 3.53. The summed E-state index contributed by atoms with van der Waals surface area (Å²) in [4.78, 5) is 12.1. The summed E-state index contributed by atoms with van der Waals surface area (Å²) in [5.41, 5.74) is 2.52. The molecule has 0 aromatic heterocycles.